The van der Waals surface area contributed by atoms with Crippen LogP contribution in [0.2, 0.25) is 0 Å². The van der Waals surface area contributed by atoms with Crippen LogP contribution in [-0.4, -0.2) is 40.7 Å². The van der Waals surface area contributed by atoms with Crippen molar-refractivity contribution in [3.8, 4) is 5.75 Å². The van der Waals surface area contributed by atoms with Gasteiger partial charge in [-0.2, -0.15) is 0 Å². The topological polar surface area (TPSA) is 80.5 Å². The van der Waals surface area contributed by atoms with Crippen LogP contribution in [0.5, 0.6) is 5.75 Å². The lowest BCUT2D eigenvalue weighted by molar-refractivity contribution is -0.123. The quantitative estimate of drug-likeness (QED) is 0.896. The van der Waals surface area contributed by atoms with Gasteiger partial charge in [-0.05, 0) is 13.0 Å². The molecule has 2 aromatic rings. The largest absolute Gasteiger partial charge is 0.492 e. The Balaban J connectivity index is 1.56. The fraction of sp³-hybridized carbons (Fsp3) is 0.500. The zero-order valence-corrected chi connectivity index (χ0v) is 14.9. The van der Waals surface area contributed by atoms with Crippen molar-refractivity contribution in [1.82, 2.24) is 20.4 Å². The van der Waals surface area contributed by atoms with E-state index in [4.69, 9.17) is 9.15 Å². The molecule has 0 radical (unpaired) electrons. The summed E-state index contributed by atoms with van der Waals surface area (Å²) < 4.78 is 11.3. The number of rotatable bonds is 5. The molecule has 1 aromatic carbocycles. The number of hydrogen-bond acceptors (Lipinski definition) is 6. The van der Waals surface area contributed by atoms with Crippen molar-refractivity contribution in [2.45, 2.75) is 39.3 Å². The molecule has 2 heterocycles. The van der Waals surface area contributed by atoms with Gasteiger partial charge in [0.1, 0.15) is 18.4 Å². The van der Waals surface area contributed by atoms with Crippen molar-refractivity contribution in [3.63, 3.8) is 0 Å². The van der Waals surface area contributed by atoms with Crippen LogP contribution in [0.15, 0.2) is 28.7 Å². The Morgan fingerprint density at radius 3 is 2.76 bits per heavy atom. The lowest BCUT2D eigenvalue weighted by Crippen LogP contribution is -2.39. The molecular formula is C18H24N4O3. The molecule has 7 heteroatoms. The number of fused-ring (bicyclic) bond motifs is 1. The predicted octanol–water partition coefficient (Wildman–Crippen LogP) is 2.26. The van der Waals surface area contributed by atoms with Crippen molar-refractivity contribution in [3.05, 3.63) is 41.6 Å². The van der Waals surface area contributed by atoms with E-state index in [-0.39, 0.29) is 17.9 Å². The first-order chi connectivity index (χ1) is 12.0. The molecule has 1 N–H and O–H groups in total. The van der Waals surface area contributed by atoms with Gasteiger partial charge in [-0.1, -0.05) is 32.0 Å². The minimum atomic E-state index is -0.317. The number of hydrogen-bond donors (Lipinski definition) is 1. The number of ether oxygens (including phenoxy) is 1. The van der Waals surface area contributed by atoms with Gasteiger partial charge >= 0.3 is 0 Å². The Morgan fingerprint density at radius 2 is 2.00 bits per heavy atom. The molecule has 25 heavy (non-hydrogen) atoms. The predicted molar refractivity (Wildman–Crippen MR) is 92.2 cm³/mol. The highest BCUT2D eigenvalue weighted by Gasteiger charge is 2.21. The highest BCUT2D eigenvalue weighted by atomic mass is 16.5. The van der Waals surface area contributed by atoms with Crippen LogP contribution >= 0.6 is 0 Å². The van der Waals surface area contributed by atoms with E-state index in [1.165, 1.54) is 0 Å². The highest BCUT2D eigenvalue weighted by Crippen LogP contribution is 2.22. The van der Waals surface area contributed by atoms with E-state index in [9.17, 15) is 4.79 Å². The Kier molecular flexibility index (Phi) is 5.33. The highest BCUT2D eigenvalue weighted by molar-refractivity contribution is 5.78. The van der Waals surface area contributed by atoms with Crippen LogP contribution in [0.25, 0.3) is 0 Å². The summed E-state index contributed by atoms with van der Waals surface area (Å²) in [5.41, 5.74) is 1.10. The smallest absolute Gasteiger partial charge is 0.238 e. The Bertz CT molecular complexity index is 729. The number of carbonyl (C=O) groups excluding carboxylic acids is 1. The Labute approximate surface area is 147 Å². The Hall–Kier alpha value is -2.41. The molecule has 0 aliphatic carbocycles. The van der Waals surface area contributed by atoms with Gasteiger partial charge in [0.05, 0.1) is 6.54 Å². The molecule has 1 aliphatic rings. The first-order valence-electron chi connectivity index (χ1n) is 8.58. The van der Waals surface area contributed by atoms with Crippen molar-refractivity contribution in [2.24, 2.45) is 0 Å². The van der Waals surface area contributed by atoms with Crippen molar-refractivity contribution in [1.29, 1.82) is 0 Å². The minimum absolute atomic E-state index is 0.0730. The number of benzene rings is 1. The maximum atomic E-state index is 12.4. The summed E-state index contributed by atoms with van der Waals surface area (Å²) in [6.07, 6.45) is 0. The SMILES string of the molecule is CC(C)c1nnc(C(C)NC(=O)CN2CCOc3ccccc3C2)o1. The van der Waals surface area contributed by atoms with E-state index >= 15 is 0 Å². The van der Waals surface area contributed by atoms with Crippen LogP contribution in [-0.2, 0) is 11.3 Å². The second-order valence-electron chi connectivity index (χ2n) is 6.59. The average molecular weight is 344 g/mol. The third kappa shape index (κ3) is 4.36. The lowest BCUT2D eigenvalue weighted by Gasteiger charge is -2.19. The summed E-state index contributed by atoms with van der Waals surface area (Å²) in [4.78, 5) is 14.4. The van der Waals surface area contributed by atoms with Crippen LogP contribution in [0, 0.1) is 0 Å². The van der Waals surface area contributed by atoms with Crippen LogP contribution in [0.1, 0.15) is 50.1 Å². The maximum absolute atomic E-state index is 12.4. The molecule has 0 bridgehead atoms. The van der Waals surface area contributed by atoms with E-state index in [2.05, 4.69) is 20.4 Å². The molecule has 0 fully saturated rings. The zero-order valence-electron chi connectivity index (χ0n) is 14.9. The van der Waals surface area contributed by atoms with Gasteiger partial charge in [0.2, 0.25) is 17.7 Å². The number of carbonyl (C=O) groups is 1. The van der Waals surface area contributed by atoms with Gasteiger partial charge in [0.15, 0.2) is 0 Å². The first-order valence-corrected chi connectivity index (χ1v) is 8.58. The van der Waals surface area contributed by atoms with Crippen LogP contribution in [0.3, 0.4) is 0 Å². The number of aromatic nitrogens is 2. The summed E-state index contributed by atoms with van der Waals surface area (Å²) in [6.45, 7) is 8.08. The van der Waals surface area contributed by atoms with Gasteiger partial charge in [0.25, 0.3) is 0 Å². The molecule has 0 saturated heterocycles. The van der Waals surface area contributed by atoms with Crippen LogP contribution in [0.4, 0.5) is 0 Å². The molecule has 0 spiro atoms. The van der Waals surface area contributed by atoms with Crippen molar-refractivity contribution < 1.29 is 13.9 Å². The summed E-state index contributed by atoms with van der Waals surface area (Å²) in [7, 11) is 0. The standard InChI is InChI=1S/C18H24N4O3/c1-12(2)17-20-21-18(25-17)13(3)19-16(23)11-22-8-9-24-15-7-5-4-6-14(15)10-22/h4-7,12-13H,8-11H2,1-3H3,(H,19,23). The number of amides is 1. The molecule has 1 aliphatic heterocycles. The first kappa shape index (κ1) is 17.4. The van der Waals surface area contributed by atoms with Gasteiger partial charge in [0, 0.05) is 24.6 Å². The fourth-order valence-corrected chi connectivity index (χ4v) is 2.72. The second-order valence-corrected chi connectivity index (χ2v) is 6.59. The maximum Gasteiger partial charge on any atom is 0.238 e. The molecule has 1 unspecified atom stereocenters. The number of nitrogens with one attached hydrogen (secondary N) is 1. The fourth-order valence-electron chi connectivity index (χ4n) is 2.72. The molecule has 1 atom stereocenters. The average Bonchev–Trinajstić information content (AvgIpc) is 2.98. The van der Waals surface area contributed by atoms with Crippen LogP contribution < -0.4 is 10.1 Å². The molecule has 0 saturated carbocycles. The number of nitrogens with zero attached hydrogens (tertiary/aromatic N) is 3. The zero-order chi connectivity index (χ0) is 17.8. The van der Waals surface area contributed by atoms with Gasteiger partial charge in [-0.25, -0.2) is 0 Å². The molecule has 1 aromatic heterocycles. The van der Waals surface area contributed by atoms with Crippen molar-refractivity contribution in [2.75, 3.05) is 19.7 Å². The summed E-state index contributed by atoms with van der Waals surface area (Å²) >= 11 is 0. The second kappa shape index (κ2) is 7.65. The molecule has 7 nitrogen and oxygen atoms in total. The van der Waals surface area contributed by atoms with Crippen molar-refractivity contribution >= 4 is 5.91 Å². The minimum Gasteiger partial charge on any atom is -0.492 e. The normalized spacial score (nSPS) is 16.0. The monoisotopic (exact) mass is 344 g/mol. The summed E-state index contributed by atoms with van der Waals surface area (Å²) in [5.74, 6) is 2.00. The molecular weight excluding hydrogens is 320 g/mol. The molecule has 134 valence electrons. The van der Waals surface area contributed by atoms with E-state index in [1.807, 2.05) is 45.0 Å². The van der Waals surface area contributed by atoms with Gasteiger partial charge in [-0.15, -0.1) is 10.2 Å². The third-order valence-electron chi connectivity index (χ3n) is 4.10. The van der Waals surface area contributed by atoms with E-state index in [0.717, 1.165) is 11.3 Å². The van der Waals surface area contributed by atoms with Gasteiger partial charge < -0.3 is 14.5 Å². The van der Waals surface area contributed by atoms with E-state index in [0.29, 0.717) is 38.0 Å². The summed E-state index contributed by atoms with van der Waals surface area (Å²) in [6, 6.07) is 7.61. The van der Waals surface area contributed by atoms with E-state index < -0.39 is 0 Å². The lowest BCUT2D eigenvalue weighted by atomic mass is 10.2. The Morgan fingerprint density at radius 1 is 1.24 bits per heavy atom. The van der Waals surface area contributed by atoms with E-state index in [1.54, 1.807) is 0 Å². The third-order valence-corrected chi connectivity index (χ3v) is 4.10. The molecule has 3 rings (SSSR count). The summed E-state index contributed by atoms with van der Waals surface area (Å²) in [5, 5.41) is 10.9. The number of para-hydroxylation sites is 1. The van der Waals surface area contributed by atoms with Gasteiger partial charge in [-0.3, -0.25) is 9.69 Å². The molecule has 1 amide bonds.